The quantitative estimate of drug-likeness (QED) is 0.233. The fourth-order valence-electron chi connectivity index (χ4n) is 3.71. The van der Waals surface area contributed by atoms with Crippen LogP contribution in [0.1, 0.15) is 130 Å². The van der Waals surface area contributed by atoms with Gasteiger partial charge in [0.25, 0.3) is 0 Å². The lowest BCUT2D eigenvalue weighted by Crippen LogP contribution is -2.17. The maximum Gasteiger partial charge on any atom is 0.155 e. The van der Waals surface area contributed by atoms with E-state index in [4.69, 9.17) is 9.84 Å². The van der Waals surface area contributed by atoms with Crippen LogP contribution in [0.5, 0.6) is 5.75 Å². The molecule has 4 heterocycles. The maximum atomic E-state index is 8.67. The van der Waals surface area contributed by atoms with E-state index in [-0.39, 0.29) is 28.3 Å². The lowest BCUT2D eigenvalue weighted by atomic mass is 9.95. The van der Waals surface area contributed by atoms with Crippen molar-refractivity contribution in [2.24, 2.45) is 0 Å². The largest absolute Gasteiger partial charge is 0.494 e. The van der Waals surface area contributed by atoms with Gasteiger partial charge < -0.3 is 9.84 Å². The third kappa shape index (κ3) is 16.3. The van der Waals surface area contributed by atoms with E-state index < -0.39 is 0 Å². The van der Waals surface area contributed by atoms with Gasteiger partial charge in [-0.2, -0.15) is 0 Å². The Labute approximate surface area is 289 Å². The van der Waals surface area contributed by atoms with Gasteiger partial charge in [0, 0.05) is 64.4 Å². The van der Waals surface area contributed by atoms with E-state index in [0.29, 0.717) is 5.75 Å². The van der Waals surface area contributed by atoms with Crippen LogP contribution >= 0.6 is 0 Å². The lowest BCUT2D eigenvalue weighted by Gasteiger charge is -2.17. The van der Waals surface area contributed by atoms with Crippen molar-refractivity contribution in [2.45, 2.75) is 131 Å². The molecule has 1 N–H and O–H groups in total. The summed E-state index contributed by atoms with van der Waals surface area (Å²) in [7, 11) is 1.61. The molecular formula is C38H60N8O2. The van der Waals surface area contributed by atoms with Crippen LogP contribution in [0.15, 0.2) is 49.3 Å². The number of ether oxygens (including phenoxy) is 1. The van der Waals surface area contributed by atoms with Gasteiger partial charge in [-0.05, 0) is 44.4 Å². The number of nitrogens with zero attached hydrogens (tertiary/aromatic N) is 8. The fraction of sp³-hybridized carbons (Fsp3) is 0.579. The monoisotopic (exact) mass is 660 g/mol. The number of methoxy groups -OCH3 is 1. The molecule has 0 amide bonds. The molecule has 0 bridgehead atoms. The van der Waals surface area contributed by atoms with E-state index in [9.17, 15) is 0 Å². The molecule has 10 heteroatoms. The van der Waals surface area contributed by atoms with Crippen molar-refractivity contribution in [3.8, 4) is 5.75 Å². The highest BCUT2D eigenvalue weighted by atomic mass is 16.5. The molecule has 0 atom stereocenters. The van der Waals surface area contributed by atoms with Crippen molar-refractivity contribution in [2.75, 3.05) is 13.7 Å². The molecule has 0 aromatic carbocycles. The number of rotatable bonds is 4. The first-order valence-corrected chi connectivity index (χ1v) is 16.5. The summed E-state index contributed by atoms with van der Waals surface area (Å²) in [4.78, 5) is 34.1. The van der Waals surface area contributed by atoms with Gasteiger partial charge in [-0.1, -0.05) is 83.1 Å². The zero-order chi connectivity index (χ0) is 36.8. The molecule has 48 heavy (non-hydrogen) atoms. The number of aromatic nitrogens is 8. The minimum atomic E-state index is 0.00622. The summed E-state index contributed by atoms with van der Waals surface area (Å²) in [5, 5.41) is 8.67. The van der Waals surface area contributed by atoms with Crippen LogP contribution in [0.4, 0.5) is 0 Å². The fourth-order valence-corrected chi connectivity index (χ4v) is 3.71. The number of aliphatic hydroxyl groups excluding tert-OH is 1. The van der Waals surface area contributed by atoms with E-state index in [1.807, 2.05) is 38.4 Å². The molecule has 4 rings (SSSR count). The van der Waals surface area contributed by atoms with Crippen LogP contribution < -0.4 is 4.74 Å². The van der Waals surface area contributed by atoms with Crippen molar-refractivity contribution >= 4 is 0 Å². The third-order valence-corrected chi connectivity index (χ3v) is 6.42. The second-order valence-corrected chi connectivity index (χ2v) is 15.7. The lowest BCUT2D eigenvalue weighted by molar-refractivity contribution is 0.288. The Bertz CT molecular complexity index is 1450. The van der Waals surface area contributed by atoms with E-state index in [1.165, 1.54) is 0 Å². The Kier molecular flexibility index (Phi) is 16.3. The summed E-state index contributed by atoms with van der Waals surface area (Å²) in [5.74, 6) is 4.23. The van der Waals surface area contributed by atoms with E-state index in [1.54, 1.807) is 31.9 Å². The van der Waals surface area contributed by atoms with Crippen molar-refractivity contribution in [3.63, 3.8) is 0 Å². The van der Waals surface area contributed by atoms with Crippen molar-refractivity contribution in [3.05, 3.63) is 89.6 Å². The topological polar surface area (TPSA) is 133 Å². The normalized spacial score (nSPS) is 11.6. The van der Waals surface area contributed by atoms with Gasteiger partial charge in [-0.3, -0.25) is 0 Å². The van der Waals surface area contributed by atoms with Crippen molar-refractivity contribution < 1.29 is 9.84 Å². The smallest absolute Gasteiger partial charge is 0.155 e. The zero-order valence-electron chi connectivity index (χ0n) is 32.2. The summed E-state index contributed by atoms with van der Waals surface area (Å²) in [6.45, 7) is 29.4. The molecule has 4 aromatic rings. The van der Waals surface area contributed by atoms with Crippen LogP contribution in [-0.4, -0.2) is 58.7 Å². The molecule has 0 spiro atoms. The maximum absolute atomic E-state index is 8.67. The highest BCUT2D eigenvalue weighted by Gasteiger charge is 2.19. The van der Waals surface area contributed by atoms with Crippen molar-refractivity contribution in [1.82, 2.24) is 39.9 Å². The van der Waals surface area contributed by atoms with Crippen LogP contribution in [0.3, 0.4) is 0 Å². The Morgan fingerprint density at radius 1 is 0.562 bits per heavy atom. The Hall–Kier alpha value is -3.92. The molecule has 0 aliphatic rings. The SMILES string of the molecule is CC(C)(C)c1ncc(CCCO)cn1.CC(C)(C)c1ncccn1.COc1cnc(C(C)(C)C)nc1.Cc1cc(C)nc(C(C)(C)C)n1. The van der Waals surface area contributed by atoms with Crippen LogP contribution in [0.2, 0.25) is 0 Å². The van der Waals surface area contributed by atoms with Gasteiger partial charge >= 0.3 is 0 Å². The zero-order valence-corrected chi connectivity index (χ0v) is 32.2. The molecule has 10 nitrogen and oxygen atoms in total. The standard InChI is InChI=1S/C11H18N2O.C10H16N2.C9H14N2O.C8H12N2/c1-11(2,3)10-12-7-9(8-13-10)5-4-6-14;1-7-6-8(2)12-9(11-7)10(3,4)5;1-9(2,3)8-10-5-7(12-4)6-11-8;1-8(2,3)7-9-5-4-6-10-7/h7-8,14H,4-6H2,1-3H3;6H,1-5H3;5-6H,1-4H3;4-6H,1-3H3. The predicted molar refractivity (Wildman–Crippen MR) is 194 cm³/mol. The minimum absolute atomic E-state index is 0.00622. The van der Waals surface area contributed by atoms with Gasteiger partial charge in [0.1, 0.15) is 23.3 Å². The minimum Gasteiger partial charge on any atom is -0.494 e. The van der Waals surface area contributed by atoms with Gasteiger partial charge in [0.2, 0.25) is 0 Å². The molecule has 4 aromatic heterocycles. The molecule has 0 aliphatic heterocycles. The first kappa shape index (κ1) is 42.1. The molecule has 0 aliphatic carbocycles. The molecule has 0 saturated carbocycles. The summed E-state index contributed by atoms with van der Waals surface area (Å²) in [6, 6.07) is 3.82. The molecule has 0 saturated heterocycles. The average molecular weight is 661 g/mol. The summed E-state index contributed by atoms with van der Waals surface area (Å²) < 4.78 is 4.96. The Balaban J connectivity index is 0.000000322. The summed E-state index contributed by atoms with van der Waals surface area (Å²) >= 11 is 0. The van der Waals surface area contributed by atoms with Gasteiger partial charge in [0.05, 0.1) is 19.5 Å². The van der Waals surface area contributed by atoms with Crippen LogP contribution in [-0.2, 0) is 28.1 Å². The molecule has 0 fully saturated rings. The van der Waals surface area contributed by atoms with Gasteiger partial charge in [-0.15, -0.1) is 0 Å². The molecule has 0 unspecified atom stereocenters. The summed E-state index contributed by atoms with van der Waals surface area (Å²) in [5.41, 5.74) is 3.33. The Morgan fingerprint density at radius 2 is 0.938 bits per heavy atom. The second-order valence-electron chi connectivity index (χ2n) is 15.7. The number of hydrogen-bond acceptors (Lipinski definition) is 10. The Morgan fingerprint density at radius 3 is 1.27 bits per heavy atom. The number of aliphatic hydroxyl groups is 1. The van der Waals surface area contributed by atoms with E-state index >= 15 is 0 Å². The van der Waals surface area contributed by atoms with Gasteiger partial charge in [0.15, 0.2) is 5.75 Å². The molecular weight excluding hydrogens is 600 g/mol. The summed E-state index contributed by atoms with van der Waals surface area (Å²) in [6.07, 6.45) is 12.2. The highest BCUT2D eigenvalue weighted by Crippen LogP contribution is 2.20. The van der Waals surface area contributed by atoms with Crippen LogP contribution in [0.25, 0.3) is 0 Å². The van der Waals surface area contributed by atoms with Crippen molar-refractivity contribution in [1.29, 1.82) is 0 Å². The highest BCUT2D eigenvalue weighted by molar-refractivity contribution is 5.15. The second kappa shape index (κ2) is 18.6. The first-order chi connectivity index (χ1) is 22.1. The predicted octanol–water partition coefficient (Wildman–Crippen LogP) is 7.65. The third-order valence-electron chi connectivity index (χ3n) is 6.42. The number of hydrogen-bond donors (Lipinski definition) is 1. The average Bonchev–Trinajstić information content (AvgIpc) is 2.99. The van der Waals surface area contributed by atoms with Gasteiger partial charge in [-0.25, -0.2) is 39.9 Å². The number of aryl methyl sites for hydroxylation is 3. The first-order valence-electron chi connectivity index (χ1n) is 16.5. The molecule has 0 radical (unpaired) electrons. The van der Waals surface area contributed by atoms with E-state index in [2.05, 4.69) is 123 Å². The van der Waals surface area contributed by atoms with E-state index in [0.717, 1.165) is 53.1 Å². The van der Waals surface area contributed by atoms with Crippen LogP contribution in [0, 0.1) is 13.8 Å². The molecule has 264 valence electrons.